The molecular formula is C14H18ClN3O. The average molecular weight is 280 g/mol. The number of rotatable bonds is 6. The van der Waals surface area contributed by atoms with Crippen LogP contribution in [0.15, 0.2) is 30.6 Å². The molecule has 0 radical (unpaired) electrons. The molecule has 0 saturated heterocycles. The number of hydrogen-bond acceptors (Lipinski definition) is 3. The van der Waals surface area contributed by atoms with Crippen LogP contribution in [0, 0.1) is 6.92 Å². The van der Waals surface area contributed by atoms with E-state index in [-0.39, 0.29) is 0 Å². The van der Waals surface area contributed by atoms with Gasteiger partial charge in [0.05, 0.1) is 0 Å². The Morgan fingerprint density at radius 2 is 2.26 bits per heavy atom. The number of aryl methyl sites for hydroxylation is 1. The van der Waals surface area contributed by atoms with Gasteiger partial charge in [-0.15, -0.1) is 0 Å². The van der Waals surface area contributed by atoms with Crippen molar-refractivity contribution in [1.82, 2.24) is 9.55 Å². The fraction of sp³-hybridized carbons (Fsp3) is 0.357. The second kappa shape index (κ2) is 6.59. The molecule has 2 rings (SSSR count). The van der Waals surface area contributed by atoms with Crippen LogP contribution < -0.4 is 5.32 Å². The largest absolute Gasteiger partial charge is 0.385 e. The molecule has 2 aromatic rings. The zero-order valence-corrected chi connectivity index (χ0v) is 11.9. The third kappa shape index (κ3) is 3.49. The van der Waals surface area contributed by atoms with Gasteiger partial charge in [-0.1, -0.05) is 17.7 Å². The third-order valence-corrected chi connectivity index (χ3v) is 3.29. The van der Waals surface area contributed by atoms with E-state index in [1.807, 2.05) is 35.9 Å². The van der Waals surface area contributed by atoms with Crippen molar-refractivity contribution < 1.29 is 4.74 Å². The minimum absolute atomic E-state index is 0.740. The lowest BCUT2D eigenvalue weighted by atomic mass is 10.2. The Bertz CT molecular complexity index is 539. The number of nitrogens with one attached hydrogen (secondary N) is 1. The van der Waals surface area contributed by atoms with Crippen molar-refractivity contribution in [1.29, 1.82) is 0 Å². The summed E-state index contributed by atoms with van der Waals surface area (Å²) in [5.41, 5.74) is 2.07. The van der Waals surface area contributed by atoms with Crippen LogP contribution in [0.3, 0.4) is 0 Å². The molecule has 4 nitrogen and oxygen atoms in total. The Kier molecular flexibility index (Phi) is 4.82. The summed E-state index contributed by atoms with van der Waals surface area (Å²) in [4.78, 5) is 4.31. The second-order valence-corrected chi connectivity index (χ2v) is 4.73. The summed E-state index contributed by atoms with van der Waals surface area (Å²) in [6, 6.07) is 5.98. The van der Waals surface area contributed by atoms with Crippen molar-refractivity contribution >= 4 is 17.5 Å². The zero-order chi connectivity index (χ0) is 13.7. The van der Waals surface area contributed by atoms with Crippen LogP contribution in [-0.2, 0) is 4.74 Å². The lowest BCUT2D eigenvalue weighted by Gasteiger charge is -2.10. The molecule has 0 atom stereocenters. The van der Waals surface area contributed by atoms with E-state index in [4.69, 9.17) is 16.3 Å². The summed E-state index contributed by atoms with van der Waals surface area (Å²) in [5, 5.41) is 4.05. The number of methoxy groups -OCH3 is 1. The van der Waals surface area contributed by atoms with E-state index in [1.165, 1.54) is 0 Å². The van der Waals surface area contributed by atoms with Crippen LogP contribution in [-0.4, -0.2) is 29.8 Å². The van der Waals surface area contributed by atoms with Crippen molar-refractivity contribution in [2.45, 2.75) is 13.3 Å². The summed E-state index contributed by atoms with van der Waals surface area (Å²) >= 11 is 6.16. The smallest absolute Gasteiger partial charge is 0.207 e. The molecule has 1 aromatic heterocycles. The predicted molar refractivity (Wildman–Crippen MR) is 78.3 cm³/mol. The first kappa shape index (κ1) is 13.9. The van der Waals surface area contributed by atoms with E-state index >= 15 is 0 Å². The highest BCUT2D eigenvalue weighted by Gasteiger charge is 2.05. The predicted octanol–water partition coefficient (Wildman–Crippen LogP) is 3.28. The highest BCUT2D eigenvalue weighted by atomic mass is 35.5. The Morgan fingerprint density at radius 3 is 3.00 bits per heavy atom. The van der Waals surface area contributed by atoms with Crippen LogP contribution in [0.1, 0.15) is 12.0 Å². The molecule has 0 fully saturated rings. The number of nitrogens with zero attached hydrogens (tertiary/aromatic N) is 2. The lowest BCUT2D eigenvalue weighted by Crippen LogP contribution is -2.09. The molecule has 1 aromatic carbocycles. The molecule has 0 aliphatic rings. The first-order valence-electron chi connectivity index (χ1n) is 6.25. The number of halogens is 1. The van der Waals surface area contributed by atoms with Gasteiger partial charge < -0.3 is 10.1 Å². The Labute approximate surface area is 118 Å². The second-order valence-electron chi connectivity index (χ2n) is 4.33. The van der Waals surface area contributed by atoms with Crippen LogP contribution in [0.4, 0.5) is 5.95 Å². The quantitative estimate of drug-likeness (QED) is 0.825. The van der Waals surface area contributed by atoms with Gasteiger partial charge in [-0.3, -0.25) is 4.57 Å². The van der Waals surface area contributed by atoms with Crippen LogP contribution in [0.5, 0.6) is 0 Å². The summed E-state index contributed by atoms with van der Waals surface area (Å²) in [6.07, 6.45) is 4.63. The van der Waals surface area contributed by atoms with Gasteiger partial charge in [0.1, 0.15) is 0 Å². The molecule has 0 amide bonds. The number of ether oxygens (including phenoxy) is 1. The minimum atomic E-state index is 0.740. The van der Waals surface area contributed by atoms with Gasteiger partial charge in [-0.05, 0) is 31.0 Å². The van der Waals surface area contributed by atoms with Gasteiger partial charge in [0.15, 0.2) is 0 Å². The van der Waals surface area contributed by atoms with E-state index in [0.717, 1.165) is 41.8 Å². The zero-order valence-electron chi connectivity index (χ0n) is 11.2. The third-order valence-electron chi connectivity index (χ3n) is 2.88. The number of imidazole rings is 1. The van der Waals surface area contributed by atoms with Gasteiger partial charge in [-0.25, -0.2) is 4.98 Å². The van der Waals surface area contributed by atoms with Crippen LogP contribution >= 0.6 is 11.6 Å². The molecule has 19 heavy (non-hydrogen) atoms. The molecule has 102 valence electrons. The molecule has 0 unspecified atom stereocenters. The van der Waals surface area contributed by atoms with Crippen molar-refractivity contribution in [3.8, 4) is 5.69 Å². The van der Waals surface area contributed by atoms with Gasteiger partial charge >= 0.3 is 0 Å². The average Bonchev–Trinajstić information content (AvgIpc) is 2.86. The SMILES string of the molecule is COCCCNc1nccn1-c1ccc(C)c(Cl)c1. The monoisotopic (exact) mass is 279 g/mol. The van der Waals surface area contributed by atoms with E-state index in [9.17, 15) is 0 Å². The first-order valence-corrected chi connectivity index (χ1v) is 6.63. The Balaban J connectivity index is 2.12. The topological polar surface area (TPSA) is 39.1 Å². The number of aromatic nitrogens is 2. The van der Waals surface area contributed by atoms with Gasteiger partial charge in [0.2, 0.25) is 5.95 Å². The van der Waals surface area contributed by atoms with E-state index in [1.54, 1.807) is 13.3 Å². The first-order chi connectivity index (χ1) is 9.22. The van der Waals surface area contributed by atoms with E-state index in [2.05, 4.69) is 10.3 Å². The molecule has 0 aliphatic carbocycles. The maximum atomic E-state index is 6.16. The number of benzene rings is 1. The van der Waals surface area contributed by atoms with Crippen molar-refractivity contribution in [3.63, 3.8) is 0 Å². The van der Waals surface area contributed by atoms with E-state index < -0.39 is 0 Å². The number of hydrogen-bond donors (Lipinski definition) is 1. The van der Waals surface area contributed by atoms with Gasteiger partial charge in [0, 0.05) is 43.4 Å². The number of anilines is 1. The minimum Gasteiger partial charge on any atom is -0.385 e. The summed E-state index contributed by atoms with van der Waals surface area (Å²) in [6.45, 7) is 3.55. The van der Waals surface area contributed by atoms with Crippen LogP contribution in [0.25, 0.3) is 5.69 Å². The highest BCUT2D eigenvalue weighted by Crippen LogP contribution is 2.21. The van der Waals surface area contributed by atoms with Crippen molar-refractivity contribution in [2.24, 2.45) is 0 Å². The van der Waals surface area contributed by atoms with E-state index in [0.29, 0.717) is 0 Å². The maximum absolute atomic E-state index is 6.16. The normalized spacial score (nSPS) is 10.7. The summed E-state index contributed by atoms with van der Waals surface area (Å²) in [5.74, 6) is 0.816. The molecular weight excluding hydrogens is 262 g/mol. The maximum Gasteiger partial charge on any atom is 0.207 e. The Hall–Kier alpha value is -1.52. The Morgan fingerprint density at radius 1 is 1.42 bits per heavy atom. The van der Waals surface area contributed by atoms with Crippen molar-refractivity contribution in [2.75, 3.05) is 25.6 Å². The fourth-order valence-electron chi connectivity index (χ4n) is 1.79. The molecule has 0 saturated carbocycles. The summed E-state index contributed by atoms with van der Waals surface area (Å²) < 4.78 is 7.00. The van der Waals surface area contributed by atoms with Crippen LogP contribution in [0.2, 0.25) is 5.02 Å². The molecule has 0 bridgehead atoms. The molecule has 0 aliphatic heterocycles. The molecule has 5 heteroatoms. The fourth-order valence-corrected chi connectivity index (χ4v) is 1.97. The molecule has 1 heterocycles. The molecule has 0 spiro atoms. The highest BCUT2D eigenvalue weighted by molar-refractivity contribution is 6.31. The lowest BCUT2D eigenvalue weighted by molar-refractivity contribution is 0.197. The standard InChI is InChI=1S/C14H18ClN3O/c1-11-4-5-12(10-13(11)15)18-8-7-17-14(18)16-6-3-9-19-2/h4-5,7-8,10H,3,6,9H2,1-2H3,(H,16,17). The molecule has 1 N–H and O–H groups in total. The van der Waals surface area contributed by atoms with Gasteiger partial charge in [0.25, 0.3) is 0 Å². The van der Waals surface area contributed by atoms with Gasteiger partial charge in [-0.2, -0.15) is 0 Å². The summed E-state index contributed by atoms with van der Waals surface area (Å²) in [7, 11) is 1.70. The van der Waals surface area contributed by atoms with Crippen molar-refractivity contribution in [3.05, 3.63) is 41.2 Å².